The number of anilines is 6. The van der Waals surface area contributed by atoms with Crippen molar-refractivity contribution < 1.29 is 0 Å². The lowest BCUT2D eigenvalue weighted by Gasteiger charge is -2.29. The van der Waals surface area contributed by atoms with Crippen molar-refractivity contribution in [1.29, 1.82) is 0 Å². The van der Waals surface area contributed by atoms with Gasteiger partial charge in [0.25, 0.3) is 0 Å². The molecule has 0 amide bonds. The molecule has 0 saturated heterocycles. The van der Waals surface area contributed by atoms with Crippen LogP contribution in [0.1, 0.15) is 0 Å². The smallest absolute Gasteiger partial charge is 0.0546 e. The first-order chi connectivity index (χ1) is 27.8. The van der Waals surface area contributed by atoms with Crippen LogP contribution in [-0.2, 0) is 0 Å². The fourth-order valence-corrected chi connectivity index (χ4v) is 8.27. The van der Waals surface area contributed by atoms with E-state index < -0.39 is 0 Å². The molecule has 0 aliphatic heterocycles. The molecule has 0 bridgehead atoms. The minimum absolute atomic E-state index is 1.11. The van der Waals surface area contributed by atoms with Gasteiger partial charge in [-0.15, -0.1) is 0 Å². The number of hydrogen-bond acceptors (Lipinski definition) is 2. The average Bonchev–Trinajstić information content (AvgIpc) is 3.28. The fourth-order valence-electron chi connectivity index (χ4n) is 8.27. The maximum absolute atomic E-state index is 2.43. The molecular weight excluding hydrogens is 677 g/mol. The molecule has 0 radical (unpaired) electrons. The van der Waals surface area contributed by atoms with Gasteiger partial charge >= 0.3 is 0 Å². The van der Waals surface area contributed by atoms with E-state index in [0.717, 1.165) is 34.1 Å². The molecule has 0 aliphatic carbocycles. The predicted molar refractivity (Wildman–Crippen MR) is 239 cm³/mol. The Balaban J connectivity index is 1.21. The number of fused-ring (bicyclic) bond motifs is 5. The monoisotopic (exact) mass is 714 g/mol. The van der Waals surface area contributed by atoms with Crippen molar-refractivity contribution in [2.45, 2.75) is 0 Å². The maximum Gasteiger partial charge on any atom is 0.0546 e. The van der Waals surface area contributed by atoms with E-state index in [1.165, 1.54) is 54.6 Å². The second-order valence-corrected chi connectivity index (χ2v) is 14.1. The first kappa shape index (κ1) is 33.2. The van der Waals surface area contributed by atoms with E-state index in [4.69, 9.17) is 0 Å². The Bertz CT molecular complexity index is 2960. The van der Waals surface area contributed by atoms with Crippen LogP contribution in [0.2, 0.25) is 0 Å². The summed E-state index contributed by atoms with van der Waals surface area (Å²) in [6.07, 6.45) is 0. The highest BCUT2D eigenvalue weighted by molar-refractivity contribution is 6.22. The zero-order valence-electron chi connectivity index (χ0n) is 30.8. The number of nitrogens with zero attached hydrogens (tertiary/aromatic N) is 2. The molecule has 10 aromatic rings. The van der Waals surface area contributed by atoms with E-state index in [2.05, 4.69) is 240 Å². The summed E-state index contributed by atoms with van der Waals surface area (Å²) in [5, 5.41) is 7.28. The average molecular weight is 715 g/mol. The molecule has 0 aliphatic rings. The van der Waals surface area contributed by atoms with E-state index in [9.17, 15) is 0 Å². The molecule has 0 spiro atoms. The molecule has 0 fully saturated rings. The van der Waals surface area contributed by atoms with Crippen molar-refractivity contribution in [3.8, 4) is 22.3 Å². The van der Waals surface area contributed by atoms with Crippen molar-refractivity contribution in [2.75, 3.05) is 9.80 Å². The van der Waals surface area contributed by atoms with Crippen LogP contribution in [0.25, 0.3) is 54.6 Å². The lowest BCUT2D eigenvalue weighted by molar-refractivity contribution is 1.29. The van der Waals surface area contributed by atoms with Gasteiger partial charge in [0.05, 0.1) is 17.1 Å². The van der Waals surface area contributed by atoms with Gasteiger partial charge in [-0.25, -0.2) is 0 Å². The summed E-state index contributed by atoms with van der Waals surface area (Å²) >= 11 is 0. The van der Waals surface area contributed by atoms with Crippen molar-refractivity contribution >= 4 is 66.4 Å². The molecule has 2 heteroatoms. The Morgan fingerprint density at radius 3 is 1.34 bits per heavy atom. The Kier molecular flexibility index (Phi) is 8.55. The second-order valence-electron chi connectivity index (χ2n) is 14.1. The van der Waals surface area contributed by atoms with Gasteiger partial charge in [0.2, 0.25) is 0 Å². The van der Waals surface area contributed by atoms with E-state index in [1.807, 2.05) is 0 Å². The van der Waals surface area contributed by atoms with E-state index >= 15 is 0 Å². The van der Waals surface area contributed by atoms with Crippen molar-refractivity contribution in [1.82, 2.24) is 0 Å². The molecule has 10 rings (SSSR count). The summed E-state index contributed by atoms with van der Waals surface area (Å²) in [6.45, 7) is 0. The van der Waals surface area contributed by atoms with Crippen LogP contribution in [0.15, 0.2) is 231 Å². The molecule has 0 unspecified atom stereocenters. The highest BCUT2D eigenvalue weighted by atomic mass is 15.2. The van der Waals surface area contributed by atoms with Gasteiger partial charge in [-0.1, -0.05) is 176 Å². The number of benzene rings is 10. The Hall–Kier alpha value is -7.42. The normalized spacial score (nSPS) is 11.2. The van der Waals surface area contributed by atoms with E-state index in [-0.39, 0.29) is 0 Å². The van der Waals surface area contributed by atoms with Crippen LogP contribution < -0.4 is 9.80 Å². The van der Waals surface area contributed by atoms with Crippen LogP contribution in [0.3, 0.4) is 0 Å². The minimum Gasteiger partial charge on any atom is -0.310 e. The highest BCUT2D eigenvalue weighted by Crippen LogP contribution is 2.47. The van der Waals surface area contributed by atoms with Crippen molar-refractivity contribution in [2.24, 2.45) is 0 Å². The summed E-state index contributed by atoms with van der Waals surface area (Å²) in [7, 11) is 0. The third kappa shape index (κ3) is 5.95. The van der Waals surface area contributed by atoms with Crippen LogP contribution in [-0.4, -0.2) is 0 Å². The van der Waals surface area contributed by atoms with Gasteiger partial charge in [-0.3, -0.25) is 0 Å². The zero-order valence-corrected chi connectivity index (χ0v) is 30.8. The Labute approximate surface area is 327 Å². The number of hydrogen-bond donors (Lipinski definition) is 0. The molecular formula is C54H38N2. The van der Waals surface area contributed by atoms with Gasteiger partial charge in [0.15, 0.2) is 0 Å². The van der Waals surface area contributed by atoms with Gasteiger partial charge in [-0.05, 0) is 92.7 Å². The van der Waals surface area contributed by atoms with Crippen molar-refractivity contribution in [3.63, 3.8) is 0 Å². The fraction of sp³-hybridized carbons (Fsp3) is 0. The third-order valence-corrected chi connectivity index (χ3v) is 10.8. The zero-order chi connectivity index (χ0) is 37.3. The standard InChI is InChI=1S/C54H38N2/c1-5-18-39(19-6-1)46-27-13-15-29-51(46)55(43-23-9-3-10-24-43)45-35-32-41-33-37-49-48(50(41)38-45)36-34-42-22-17-31-53(54(42)49)56(44-25-11-4-12-26-44)52-30-16-14-28-47(52)40-20-7-2-8-21-40/h1-38H. The summed E-state index contributed by atoms with van der Waals surface area (Å²) in [4.78, 5) is 4.83. The minimum atomic E-state index is 1.11. The number of para-hydroxylation sites is 4. The van der Waals surface area contributed by atoms with Crippen LogP contribution in [0.4, 0.5) is 34.1 Å². The van der Waals surface area contributed by atoms with Crippen LogP contribution >= 0.6 is 0 Å². The lowest BCUT2D eigenvalue weighted by atomic mass is 9.94. The summed E-state index contributed by atoms with van der Waals surface area (Å²) < 4.78 is 0. The first-order valence-electron chi connectivity index (χ1n) is 19.2. The SMILES string of the molecule is c1ccc(-c2ccccc2N(c2ccccc2)c2ccc3ccc4c(ccc5cccc(N(c6ccccc6)c6ccccc6-c6ccccc6)c54)c3c2)cc1. The Morgan fingerprint density at radius 2 is 0.714 bits per heavy atom. The van der Waals surface area contributed by atoms with E-state index in [0.29, 0.717) is 0 Å². The van der Waals surface area contributed by atoms with E-state index in [1.54, 1.807) is 0 Å². The molecule has 0 heterocycles. The van der Waals surface area contributed by atoms with Crippen LogP contribution in [0, 0.1) is 0 Å². The topological polar surface area (TPSA) is 6.48 Å². The predicted octanol–water partition coefficient (Wildman–Crippen LogP) is 15.4. The first-order valence-corrected chi connectivity index (χ1v) is 19.2. The third-order valence-electron chi connectivity index (χ3n) is 10.8. The molecule has 2 nitrogen and oxygen atoms in total. The quantitative estimate of drug-likeness (QED) is 0.145. The second kappa shape index (κ2) is 14.4. The van der Waals surface area contributed by atoms with Crippen molar-refractivity contribution in [3.05, 3.63) is 231 Å². The van der Waals surface area contributed by atoms with Gasteiger partial charge < -0.3 is 9.80 Å². The maximum atomic E-state index is 2.43. The van der Waals surface area contributed by atoms with Crippen LogP contribution in [0.5, 0.6) is 0 Å². The van der Waals surface area contributed by atoms with Gasteiger partial charge in [0.1, 0.15) is 0 Å². The summed E-state index contributed by atoms with van der Waals surface area (Å²) in [5.41, 5.74) is 11.5. The van der Waals surface area contributed by atoms with Gasteiger partial charge in [0, 0.05) is 33.6 Å². The number of rotatable bonds is 8. The molecule has 0 aromatic heterocycles. The molecule has 264 valence electrons. The highest BCUT2D eigenvalue weighted by Gasteiger charge is 2.21. The largest absolute Gasteiger partial charge is 0.310 e. The molecule has 10 aromatic carbocycles. The molecule has 0 N–H and O–H groups in total. The lowest BCUT2D eigenvalue weighted by Crippen LogP contribution is -2.12. The molecule has 0 saturated carbocycles. The van der Waals surface area contributed by atoms with Gasteiger partial charge in [-0.2, -0.15) is 0 Å². The summed E-state index contributed by atoms with van der Waals surface area (Å²) in [5.74, 6) is 0. The molecule has 56 heavy (non-hydrogen) atoms. The Morgan fingerprint density at radius 1 is 0.250 bits per heavy atom. The summed E-state index contributed by atoms with van der Waals surface area (Å²) in [6, 6.07) is 83.1. The molecule has 0 atom stereocenters.